The number of aryl methyl sites for hydroxylation is 3. The van der Waals surface area contributed by atoms with Crippen LogP contribution in [-0.2, 0) is 14.4 Å². The van der Waals surface area contributed by atoms with Gasteiger partial charge in [0.2, 0.25) is 17.7 Å². The molecule has 3 rings (SSSR count). The summed E-state index contributed by atoms with van der Waals surface area (Å²) in [5.41, 5.74) is 4.42. The zero-order valence-corrected chi connectivity index (χ0v) is 17.5. The molecule has 2 N–H and O–H groups in total. The van der Waals surface area contributed by atoms with E-state index < -0.39 is 5.92 Å². The first-order valence-electron chi connectivity index (χ1n) is 9.46. The van der Waals surface area contributed by atoms with Crippen molar-refractivity contribution < 1.29 is 14.4 Å². The third-order valence-electron chi connectivity index (χ3n) is 5.00. The Balaban J connectivity index is 1.57. The van der Waals surface area contributed by atoms with Crippen molar-refractivity contribution in [1.29, 1.82) is 0 Å². The highest BCUT2D eigenvalue weighted by molar-refractivity contribution is 6.33. The summed E-state index contributed by atoms with van der Waals surface area (Å²) in [6, 6.07) is 11.0. The van der Waals surface area contributed by atoms with Crippen LogP contribution in [0.1, 0.15) is 23.1 Å². The van der Waals surface area contributed by atoms with E-state index in [0.29, 0.717) is 10.7 Å². The van der Waals surface area contributed by atoms with Crippen molar-refractivity contribution in [3.63, 3.8) is 0 Å². The Morgan fingerprint density at radius 2 is 1.79 bits per heavy atom. The van der Waals surface area contributed by atoms with Crippen LogP contribution in [0.4, 0.5) is 11.4 Å². The summed E-state index contributed by atoms with van der Waals surface area (Å²) < 4.78 is 0. The van der Waals surface area contributed by atoms with Gasteiger partial charge in [-0.1, -0.05) is 41.4 Å². The fourth-order valence-electron chi connectivity index (χ4n) is 3.66. The van der Waals surface area contributed by atoms with Crippen molar-refractivity contribution in [3.8, 4) is 0 Å². The highest BCUT2D eigenvalue weighted by atomic mass is 35.5. The predicted molar refractivity (Wildman–Crippen MR) is 114 cm³/mol. The van der Waals surface area contributed by atoms with Gasteiger partial charge in [-0.2, -0.15) is 0 Å². The van der Waals surface area contributed by atoms with Gasteiger partial charge < -0.3 is 15.5 Å². The van der Waals surface area contributed by atoms with Gasteiger partial charge in [-0.05, 0) is 44.0 Å². The molecule has 1 aliphatic heterocycles. The number of hydrogen-bond donors (Lipinski definition) is 2. The van der Waals surface area contributed by atoms with Gasteiger partial charge in [0, 0.05) is 18.7 Å². The van der Waals surface area contributed by atoms with E-state index in [0.717, 1.165) is 22.4 Å². The Labute approximate surface area is 175 Å². The number of benzene rings is 2. The van der Waals surface area contributed by atoms with Gasteiger partial charge in [-0.25, -0.2) is 0 Å². The fraction of sp³-hybridized carbons (Fsp3) is 0.318. The number of anilines is 2. The highest BCUT2D eigenvalue weighted by Gasteiger charge is 2.35. The maximum Gasteiger partial charge on any atom is 0.243 e. The Bertz CT molecular complexity index is 951. The van der Waals surface area contributed by atoms with Gasteiger partial charge in [0.15, 0.2) is 0 Å². The lowest BCUT2D eigenvalue weighted by atomic mass is 10.1. The minimum absolute atomic E-state index is 0.0921. The van der Waals surface area contributed by atoms with Crippen molar-refractivity contribution >= 4 is 40.7 Å². The second-order valence-corrected chi connectivity index (χ2v) is 7.80. The molecule has 1 aliphatic rings. The van der Waals surface area contributed by atoms with Crippen LogP contribution in [0.3, 0.4) is 0 Å². The van der Waals surface area contributed by atoms with Gasteiger partial charge in [-0.3, -0.25) is 14.4 Å². The van der Waals surface area contributed by atoms with Crippen molar-refractivity contribution in [2.45, 2.75) is 27.2 Å². The van der Waals surface area contributed by atoms with Crippen molar-refractivity contribution in [2.75, 3.05) is 23.3 Å². The lowest BCUT2D eigenvalue weighted by Crippen LogP contribution is -2.38. The molecule has 29 heavy (non-hydrogen) atoms. The van der Waals surface area contributed by atoms with E-state index in [1.165, 1.54) is 4.90 Å². The van der Waals surface area contributed by atoms with Crippen LogP contribution >= 0.6 is 11.6 Å². The molecule has 152 valence electrons. The largest absolute Gasteiger partial charge is 0.347 e. The molecule has 1 atom stereocenters. The lowest BCUT2D eigenvalue weighted by molar-refractivity contribution is -0.127. The summed E-state index contributed by atoms with van der Waals surface area (Å²) in [5.74, 6) is -1.30. The fourth-order valence-corrected chi connectivity index (χ4v) is 3.90. The van der Waals surface area contributed by atoms with Crippen molar-refractivity contribution in [1.82, 2.24) is 5.32 Å². The molecule has 6 nitrogen and oxygen atoms in total. The molecule has 1 saturated heterocycles. The van der Waals surface area contributed by atoms with Gasteiger partial charge in [-0.15, -0.1) is 0 Å². The molecule has 1 fully saturated rings. The molecule has 0 aliphatic carbocycles. The first-order chi connectivity index (χ1) is 13.8. The molecule has 0 radical (unpaired) electrons. The molecule has 2 aromatic carbocycles. The van der Waals surface area contributed by atoms with Gasteiger partial charge >= 0.3 is 0 Å². The van der Waals surface area contributed by atoms with Crippen LogP contribution in [0.25, 0.3) is 0 Å². The Morgan fingerprint density at radius 3 is 2.45 bits per heavy atom. The SMILES string of the molecule is Cc1cc(C)c(NC(=O)CNC(=O)[C@H]2CC(=O)N(c3ccccc3Cl)C2)c(C)c1. The zero-order chi connectivity index (χ0) is 21.1. The summed E-state index contributed by atoms with van der Waals surface area (Å²) in [7, 11) is 0. The van der Waals surface area contributed by atoms with Crippen molar-refractivity contribution in [2.24, 2.45) is 5.92 Å². The van der Waals surface area contributed by atoms with E-state index >= 15 is 0 Å². The van der Waals surface area contributed by atoms with E-state index in [1.807, 2.05) is 32.9 Å². The third-order valence-corrected chi connectivity index (χ3v) is 5.32. The van der Waals surface area contributed by atoms with Crippen LogP contribution in [0.5, 0.6) is 0 Å². The topological polar surface area (TPSA) is 78.5 Å². The minimum Gasteiger partial charge on any atom is -0.347 e. The predicted octanol–water partition coefficient (Wildman–Crippen LogP) is 3.37. The van der Waals surface area contributed by atoms with Crippen LogP contribution in [0, 0.1) is 26.7 Å². The molecule has 0 aromatic heterocycles. The summed E-state index contributed by atoms with van der Waals surface area (Å²) >= 11 is 6.16. The van der Waals surface area contributed by atoms with Crippen LogP contribution in [0.15, 0.2) is 36.4 Å². The zero-order valence-electron chi connectivity index (χ0n) is 16.7. The van der Waals surface area contributed by atoms with Crippen LogP contribution in [0.2, 0.25) is 5.02 Å². The molecule has 3 amide bonds. The molecular weight excluding hydrogens is 390 g/mol. The monoisotopic (exact) mass is 413 g/mol. The Hall–Kier alpha value is -2.86. The summed E-state index contributed by atoms with van der Waals surface area (Å²) in [6.07, 6.45) is 0.0921. The molecule has 0 spiro atoms. The average Bonchev–Trinajstić information content (AvgIpc) is 3.04. The Kier molecular flexibility index (Phi) is 6.23. The second-order valence-electron chi connectivity index (χ2n) is 7.40. The number of nitrogens with one attached hydrogen (secondary N) is 2. The van der Waals surface area contributed by atoms with E-state index in [9.17, 15) is 14.4 Å². The van der Waals surface area contributed by atoms with Crippen LogP contribution in [-0.4, -0.2) is 30.8 Å². The highest BCUT2D eigenvalue weighted by Crippen LogP contribution is 2.31. The van der Waals surface area contributed by atoms with Gasteiger partial charge in [0.05, 0.1) is 23.2 Å². The van der Waals surface area contributed by atoms with Crippen LogP contribution < -0.4 is 15.5 Å². The number of hydrogen-bond acceptors (Lipinski definition) is 3. The number of carbonyl (C=O) groups is 3. The third kappa shape index (κ3) is 4.77. The number of amides is 3. The normalized spacial score (nSPS) is 16.1. The molecule has 7 heteroatoms. The maximum absolute atomic E-state index is 12.5. The molecule has 2 aromatic rings. The van der Waals surface area contributed by atoms with Gasteiger partial charge in [0.1, 0.15) is 0 Å². The molecule has 0 unspecified atom stereocenters. The number of carbonyl (C=O) groups excluding carboxylic acids is 3. The van der Waals surface area contributed by atoms with E-state index in [2.05, 4.69) is 10.6 Å². The first-order valence-corrected chi connectivity index (χ1v) is 9.84. The van der Waals surface area contributed by atoms with E-state index in [-0.39, 0.29) is 37.2 Å². The summed E-state index contributed by atoms with van der Waals surface area (Å²) in [6.45, 7) is 5.96. The van der Waals surface area contributed by atoms with Gasteiger partial charge in [0.25, 0.3) is 0 Å². The Morgan fingerprint density at radius 1 is 1.14 bits per heavy atom. The smallest absolute Gasteiger partial charge is 0.243 e. The van der Waals surface area contributed by atoms with E-state index in [1.54, 1.807) is 24.3 Å². The number of rotatable bonds is 5. The molecule has 1 heterocycles. The number of para-hydroxylation sites is 1. The lowest BCUT2D eigenvalue weighted by Gasteiger charge is -2.18. The number of nitrogens with zero attached hydrogens (tertiary/aromatic N) is 1. The average molecular weight is 414 g/mol. The molecule has 0 saturated carbocycles. The second kappa shape index (κ2) is 8.66. The standard InChI is InChI=1S/C22H24ClN3O3/c1-13-8-14(2)21(15(3)9-13)25-19(27)11-24-22(29)16-10-20(28)26(12-16)18-7-5-4-6-17(18)23/h4-9,16H,10-12H2,1-3H3,(H,24,29)(H,25,27)/t16-/m0/s1. The first kappa shape index (κ1) is 20.9. The van der Waals surface area contributed by atoms with E-state index in [4.69, 9.17) is 11.6 Å². The van der Waals surface area contributed by atoms with Crippen molar-refractivity contribution in [3.05, 3.63) is 58.1 Å². The summed E-state index contributed by atoms with van der Waals surface area (Å²) in [4.78, 5) is 38.6. The summed E-state index contributed by atoms with van der Waals surface area (Å²) in [5, 5.41) is 5.96. The maximum atomic E-state index is 12.5. The molecule has 0 bridgehead atoms. The minimum atomic E-state index is -0.519. The quantitative estimate of drug-likeness (QED) is 0.788. The number of halogens is 1. The molecular formula is C22H24ClN3O3.